The minimum absolute atomic E-state index is 0.0221. The molecule has 0 aliphatic heterocycles. The van der Waals surface area contributed by atoms with Crippen molar-refractivity contribution in [2.75, 3.05) is 0 Å². The van der Waals surface area contributed by atoms with Crippen LogP contribution in [0.15, 0.2) is 0 Å². The number of nitrogens with one attached hydrogen (secondary N) is 1. The molecule has 0 heterocycles. The van der Waals surface area contributed by atoms with Gasteiger partial charge in [-0.1, -0.05) is 13.8 Å². The van der Waals surface area contributed by atoms with Gasteiger partial charge in [0.25, 0.3) is 0 Å². The zero-order valence-electron chi connectivity index (χ0n) is 9.32. The minimum atomic E-state index is -0.740. The maximum Gasteiger partial charge on any atom is 0.306 e. The van der Waals surface area contributed by atoms with Crippen molar-refractivity contribution in [1.29, 1.82) is 0 Å². The zero-order chi connectivity index (χ0) is 11.4. The van der Waals surface area contributed by atoms with Gasteiger partial charge < -0.3 is 10.4 Å². The number of carboxylic acids is 1. The molecule has 4 nitrogen and oxygen atoms in total. The van der Waals surface area contributed by atoms with Crippen LogP contribution in [0.2, 0.25) is 0 Å². The monoisotopic (exact) mass is 213 g/mol. The highest BCUT2D eigenvalue weighted by Gasteiger charge is 2.30. The Morgan fingerprint density at radius 2 is 2.13 bits per heavy atom. The summed E-state index contributed by atoms with van der Waals surface area (Å²) in [6.45, 7) is 3.86. The molecule has 0 bridgehead atoms. The van der Waals surface area contributed by atoms with Crippen molar-refractivity contribution in [3.63, 3.8) is 0 Å². The third-order valence-electron chi connectivity index (χ3n) is 3.19. The van der Waals surface area contributed by atoms with Gasteiger partial charge >= 0.3 is 5.97 Å². The van der Waals surface area contributed by atoms with E-state index in [1.807, 2.05) is 13.8 Å². The standard InChI is InChI=1S/C11H19NO3/c1-3-7(2)10(13)12-9-5-4-8(6-9)11(14)15/h7-9H,3-6H2,1-2H3,(H,12,13)(H,14,15). The number of rotatable bonds is 4. The first-order valence-electron chi connectivity index (χ1n) is 5.57. The summed E-state index contributed by atoms with van der Waals surface area (Å²) in [5.41, 5.74) is 0. The summed E-state index contributed by atoms with van der Waals surface area (Å²) in [5.74, 6) is -0.940. The van der Waals surface area contributed by atoms with E-state index >= 15 is 0 Å². The third-order valence-corrected chi connectivity index (χ3v) is 3.19. The largest absolute Gasteiger partial charge is 0.481 e. The van der Waals surface area contributed by atoms with Crippen LogP contribution in [0.25, 0.3) is 0 Å². The lowest BCUT2D eigenvalue weighted by molar-refractivity contribution is -0.141. The first-order chi connectivity index (χ1) is 7.04. The second kappa shape index (κ2) is 5.14. The molecule has 1 rings (SSSR count). The van der Waals surface area contributed by atoms with Crippen molar-refractivity contribution in [3.05, 3.63) is 0 Å². The number of hydrogen-bond donors (Lipinski definition) is 2. The zero-order valence-corrected chi connectivity index (χ0v) is 9.32. The summed E-state index contributed by atoms with van der Waals surface area (Å²) < 4.78 is 0. The van der Waals surface area contributed by atoms with Crippen LogP contribution in [-0.2, 0) is 9.59 Å². The number of amides is 1. The fourth-order valence-corrected chi connectivity index (χ4v) is 1.87. The molecule has 1 aliphatic rings. The molecule has 1 saturated carbocycles. The van der Waals surface area contributed by atoms with Gasteiger partial charge in [-0.3, -0.25) is 9.59 Å². The second-order valence-corrected chi connectivity index (χ2v) is 4.36. The smallest absolute Gasteiger partial charge is 0.306 e. The van der Waals surface area contributed by atoms with Crippen LogP contribution in [0.4, 0.5) is 0 Å². The number of aliphatic carboxylic acids is 1. The lowest BCUT2D eigenvalue weighted by Gasteiger charge is -2.15. The van der Waals surface area contributed by atoms with E-state index in [9.17, 15) is 9.59 Å². The summed E-state index contributed by atoms with van der Waals surface area (Å²) in [6.07, 6.45) is 2.87. The van der Waals surface area contributed by atoms with Crippen molar-refractivity contribution in [2.24, 2.45) is 11.8 Å². The van der Waals surface area contributed by atoms with Gasteiger partial charge in [-0.2, -0.15) is 0 Å². The SMILES string of the molecule is CCC(C)C(=O)NC1CCC(C(=O)O)C1. The van der Waals surface area contributed by atoms with Crippen molar-refractivity contribution in [1.82, 2.24) is 5.32 Å². The summed E-state index contributed by atoms with van der Waals surface area (Å²) >= 11 is 0. The van der Waals surface area contributed by atoms with Gasteiger partial charge in [-0.05, 0) is 25.7 Å². The summed E-state index contributed by atoms with van der Waals surface area (Å²) in [7, 11) is 0. The van der Waals surface area contributed by atoms with E-state index in [0.29, 0.717) is 12.8 Å². The van der Waals surface area contributed by atoms with E-state index in [1.54, 1.807) is 0 Å². The summed E-state index contributed by atoms with van der Waals surface area (Å²) in [5, 5.41) is 11.7. The molecule has 0 spiro atoms. The quantitative estimate of drug-likeness (QED) is 0.741. The second-order valence-electron chi connectivity index (χ2n) is 4.36. The lowest BCUT2D eigenvalue weighted by atomic mass is 10.1. The molecule has 2 N–H and O–H groups in total. The van der Waals surface area contributed by atoms with Crippen LogP contribution in [0.1, 0.15) is 39.5 Å². The van der Waals surface area contributed by atoms with Gasteiger partial charge in [0.2, 0.25) is 5.91 Å². The Labute approximate surface area is 90.0 Å². The van der Waals surface area contributed by atoms with Crippen molar-refractivity contribution in [2.45, 2.75) is 45.6 Å². The molecule has 0 saturated heterocycles. The van der Waals surface area contributed by atoms with E-state index in [-0.39, 0.29) is 23.8 Å². The van der Waals surface area contributed by atoms with Crippen LogP contribution in [0, 0.1) is 11.8 Å². The molecule has 0 aromatic heterocycles. The molecule has 15 heavy (non-hydrogen) atoms. The van der Waals surface area contributed by atoms with Crippen molar-refractivity contribution in [3.8, 4) is 0 Å². The van der Waals surface area contributed by atoms with Crippen LogP contribution < -0.4 is 5.32 Å². The molecule has 3 unspecified atom stereocenters. The molecule has 3 atom stereocenters. The van der Waals surface area contributed by atoms with E-state index in [1.165, 1.54) is 0 Å². The Morgan fingerprint density at radius 3 is 2.60 bits per heavy atom. The Hall–Kier alpha value is -1.06. The molecule has 86 valence electrons. The third kappa shape index (κ3) is 3.22. The lowest BCUT2D eigenvalue weighted by Crippen LogP contribution is -2.36. The maximum atomic E-state index is 11.5. The van der Waals surface area contributed by atoms with Crippen LogP contribution in [-0.4, -0.2) is 23.0 Å². The highest BCUT2D eigenvalue weighted by molar-refractivity contribution is 5.78. The Balaban J connectivity index is 2.36. The van der Waals surface area contributed by atoms with Gasteiger partial charge in [-0.25, -0.2) is 0 Å². The summed E-state index contributed by atoms with van der Waals surface area (Å²) in [6, 6.07) is 0.0626. The van der Waals surface area contributed by atoms with E-state index < -0.39 is 5.97 Å². The Morgan fingerprint density at radius 1 is 1.47 bits per heavy atom. The van der Waals surface area contributed by atoms with E-state index in [0.717, 1.165) is 12.8 Å². The Bertz CT molecular complexity index is 252. The molecule has 1 aliphatic carbocycles. The fraction of sp³-hybridized carbons (Fsp3) is 0.818. The molecular formula is C11H19NO3. The van der Waals surface area contributed by atoms with Gasteiger partial charge in [0.05, 0.1) is 5.92 Å². The average Bonchev–Trinajstić information content (AvgIpc) is 2.65. The number of carboxylic acid groups (broad SMARTS) is 1. The summed E-state index contributed by atoms with van der Waals surface area (Å²) in [4.78, 5) is 22.3. The van der Waals surface area contributed by atoms with Crippen LogP contribution in [0.5, 0.6) is 0 Å². The number of hydrogen-bond acceptors (Lipinski definition) is 2. The molecular weight excluding hydrogens is 194 g/mol. The normalized spacial score (nSPS) is 27.3. The van der Waals surface area contributed by atoms with Crippen LogP contribution in [0.3, 0.4) is 0 Å². The van der Waals surface area contributed by atoms with Crippen LogP contribution >= 0.6 is 0 Å². The average molecular weight is 213 g/mol. The highest BCUT2D eigenvalue weighted by atomic mass is 16.4. The molecule has 4 heteroatoms. The predicted octanol–water partition coefficient (Wildman–Crippen LogP) is 1.40. The topological polar surface area (TPSA) is 66.4 Å². The van der Waals surface area contributed by atoms with Gasteiger partial charge in [-0.15, -0.1) is 0 Å². The molecule has 1 amide bonds. The van der Waals surface area contributed by atoms with Gasteiger partial charge in [0.15, 0.2) is 0 Å². The van der Waals surface area contributed by atoms with Crippen molar-refractivity contribution < 1.29 is 14.7 Å². The Kier molecular flexibility index (Phi) is 4.12. The molecule has 0 aromatic rings. The molecule has 0 aromatic carbocycles. The first kappa shape index (κ1) is 12.0. The molecule has 1 fully saturated rings. The molecule has 0 radical (unpaired) electrons. The minimum Gasteiger partial charge on any atom is -0.481 e. The fourth-order valence-electron chi connectivity index (χ4n) is 1.87. The highest BCUT2D eigenvalue weighted by Crippen LogP contribution is 2.25. The van der Waals surface area contributed by atoms with E-state index in [4.69, 9.17) is 5.11 Å². The van der Waals surface area contributed by atoms with Gasteiger partial charge in [0.1, 0.15) is 0 Å². The van der Waals surface area contributed by atoms with E-state index in [2.05, 4.69) is 5.32 Å². The van der Waals surface area contributed by atoms with Gasteiger partial charge in [0, 0.05) is 12.0 Å². The first-order valence-corrected chi connectivity index (χ1v) is 5.57. The number of carbonyl (C=O) groups is 2. The van der Waals surface area contributed by atoms with Crippen molar-refractivity contribution >= 4 is 11.9 Å². The number of carbonyl (C=O) groups excluding carboxylic acids is 1. The predicted molar refractivity (Wildman–Crippen MR) is 56.4 cm³/mol. The maximum absolute atomic E-state index is 11.5.